The van der Waals surface area contributed by atoms with E-state index in [1.54, 1.807) is 39.1 Å². The van der Waals surface area contributed by atoms with Crippen LogP contribution in [0.25, 0.3) is 0 Å². The maximum atomic E-state index is 12.4. The molecular weight excluding hydrogens is 268 g/mol. The van der Waals surface area contributed by atoms with Crippen molar-refractivity contribution < 1.29 is 14.7 Å². The molecule has 2 rings (SSSR count). The number of hydrogen-bond donors (Lipinski definition) is 1. The predicted molar refractivity (Wildman–Crippen MR) is 76.0 cm³/mol. The molecular formula is C16H18N2O3. The van der Waals surface area contributed by atoms with Gasteiger partial charge >= 0.3 is 5.97 Å². The van der Waals surface area contributed by atoms with Crippen LogP contribution in [0.3, 0.4) is 0 Å². The number of carbonyl (C=O) groups excluding carboxylic acids is 1. The van der Waals surface area contributed by atoms with Gasteiger partial charge < -0.3 is 10.0 Å². The van der Waals surface area contributed by atoms with Gasteiger partial charge in [0.25, 0.3) is 0 Å². The number of amides is 1. The number of aliphatic carboxylic acids is 1. The first-order valence-electron chi connectivity index (χ1n) is 6.76. The van der Waals surface area contributed by atoms with Gasteiger partial charge in [0.05, 0.1) is 23.5 Å². The van der Waals surface area contributed by atoms with Crippen molar-refractivity contribution in [2.24, 2.45) is 17.3 Å². The lowest BCUT2D eigenvalue weighted by atomic mass is 10.1. The van der Waals surface area contributed by atoms with Crippen molar-refractivity contribution in [1.29, 1.82) is 5.26 Å². The Morgan fingerprint density at radius 3 is 2.57 bits per heavy atom. The summed E-state index contributed by atoms with van der Waals surface area (Å²) in [6.07, 6.45) is 0. The SMILES string of the molecule is CN(Cc1cccc(C#N)c1)C(=O)C1C(C(=O)O)C1(C)C. The summed E-state index contributed by atoms with van der Waals surface area (Å²) in [5.74, 6) is -2.16. The minimum absolute atomic E-state index is 0.158. The summed E-state index contributed by atoms with van der Waals surface area (Å²) >= 11 is 0. The molecule has 5 heteroatoms. The number of carboxylic acid groups (broad SMARTS) is 1. The highest BCUT2D eigenvalue weighted by Gasteiger charge is 2.66. The molecule has 0 aliphatic heterocycles. The van der Waals surface area contributed by atoms with E-state index in [1.807, 2.05) is 6.07 Å². The zero-order valence-corrected chi connectivity index (χ0v) is 12.3. The summed E-state index contributed by atoms with van der Waals surface area (Å²) in [5.41, 5.74) is 0.907. The highest BCUT2D eigenvalue weighted by Crippen LogP contribution is 2.58. The van der Waals surface area contributed by atoms with Gasteiger partial charge in [0.1, 0.15) is 0 Å². The van der Waals surface area contributed by atoms with E-state index in [0.29, 0.717) is 12.1 Å². The van der Waals surface area contributed by atoms with E-state index in [-0.39, 0.29) is 5.91 Å². The number of nitriles is 1. The van der Waals surface area contributed by atoms with E-state index >= 15 is 0 Å². The molecule has 2 atom stereocenters. The molecule has 1 aliphatic rings. The van der Waals surface area contributed by atoms with Gasteiger partial charge in [-0.25, -0.2) is 0 Å². The zero-order valence-electron chi connectivity index (χ0n) is 12.3. The molecule has 0 bridgehead atoms. The molecule has 1 amide bonds. The highest BCUT2D eigenvalue weighted by molar-refractivity contribution is 5.91. The Balaban J connectivity index is 2.07. The number of carbonyl (C=O) groups is 2. The summed E-state index contributed by atoms with van der Waals surface area (Å²) < 4.78 is 0. The van der Waals surface area contributed by atoms with E-state index in [1.165, 1.54) is 4.90 Å². The monoisotopic (exact) mass is 286 g/mol. The van der Waals surface area contributed by atoms with Crippen molar-refractivity contribution in [1.82, 2.24) is 4.90 Å². The number of hydrogen-bond acceptors (Lipinski definition) is 3. The van der Waals surface area contributed by atoms with Crippen LogP contribution >= 0.6 is 0 Å². The van der Waals surface area contributed by atoms with Crippen LogP contribution in [-0.2, 0) is 16.1 Å². The first-order chi connectivity index (χ1) is 9.78. The lowest BCUT2D eigenvalue weighted by Gasteiger charge is -2.18. The second-order valence-corrected chi connectivity index (χ2v) is 6.12. The fourth-order valence-electron chi connectivity index (χ4n) is 2.89. The Morgan fingerprint density at radius 2 is 2.05 bits per heavy atom. The lowest BCUT2D eigenvalue weighted by Crippen LogP contribution is -2.29. The molecule has 0 spiro atoms. The van der Waals surface area contributed by atoms with Crippen LogP contribution in [-0.4, -0.2) is 28.9 Å². The largest absolute Gasteiger partial charge is 0.481 e. The van der Waals surface area contributed by atoms with E-state index in [4.69, 9.17) is 10.4 Å². The Bertz CT molecular complexity index is 631. The molecule has 1 fully saturated rings. The normalized spacial score (nSPS) is 22.2. The average Bonchev–Trinajstić information content (AvgIpc) is 3.01. The topological polar surface area (TPSA) is 81.4 Å². The van der Waals surface area contributed by atoms with Crippen LogP contribution < -0.4 is 0 Å². The maximum absolute atomic E-state index is 12.4. The molecule has 21 heavy (non-hydrogen) atoms. The van der Waals surface area contributed by atoms with Crippen LogP contribution in [0.1, 0.15) is 25.0 Å². The van der Waals surface area contributed by atoms with Crippen molar-refractivity contribution in [3.05, 3.63) is 35.4 Å². The summed E-state index contributed by atoms with van der Waals surface area (Å²) in [5, 5.41) is 18.0. The lowest BCUT2D eigenvalue weighted by molar-refractivity contribution is -0.141. The summed E-state index contributed by atoms with van der Waals surface area (Å²) in [6, 6.07) is 9.11. The molecule has 1 aromatic carbocycles. The molecule has 110 valence electrons. The highest BCUT2D eigenvalue weighted by atomic mass is 16.4. The maximum Gasteiger partial charge on any atom is 0.307 e. The number of benzene rings is 1. The van der Waals surface area contributed by atoms with Crippen molar-refractivity contribution in [3.8, 4) is 6.07 Å². The van der Waals surface area contributed by atoms with Gasteiger partial charge in [-0.15, -0.1) is 0 Å². The first kappa shape index (κ1) is 15.0. The molecule has 1 aliphatic carbocycles. The second kappa shape index (κ2) is 5.21. The summed E-state index contributed by atoms with van der Waals surface area (Å²) in [6.45, 7) is 3.98. The number of rotatable bonds is 4. The van der Waals surface area contributed by atoms with E-state index < -0.39 is 23.2 Å². The second-order valence-electron chi connectivity index (χ2n) is 6.12. The van der Waals surface area contributed by atoms with Crippen molar-refractivity contribution >= 4 is 11.9 Å². The van der Waals surface area contributed by atoms with E-state index in [0.717, 1.165) is 5.56 Å². The van der Waals surface area contributed by atoms with Gasteiger partial charge in [-0.1, -0.05) is 26.0 Å². The molecule has 0 radical (unpaired) electrons. The van der Waals surface area contributed by atoms with Crippen molar-refractivity contribution in [2.75, 3.05) is 7.05 Å². The van der Waals surface area contributed by atoms with E-state index in [2.05, 4.69) is 6.07 Å². The predicted octanol–water partition coefficient (Wildman–Crippen LogP) is 1.87. The summed E-state index contributed by atoms with van der Waals surface area (Å²) in [4.78, 5) is 25.1. The van der Waals surface area contributed by atoms with Crippen LogP contribution in [0.15, 0.2) is 24.3 Å². The fraction of sp³-hybridized carbons (Fsp3) is 0.438. The molecule has 0 heterocycles. The fourth-order valence-corrected chi connectivity index (χ4v) is 2.89. The van der Waals surface area contributed by atoms with Gasteiger partial charge in [0, 0.05) is 13.6 Å². The smallest absolute Gasteiger partial charge is 0.307 e. The van der Waals surface area contributed by atoms with E-state index in [9.17, 15) is 9.59 Å². The molecule has 1 N–H and O–H groups in total. The zero-order chi connectivity index (χ0) is 15.8. The standard InChI is InChI=1S/C16H18N2O3/c1-16(2)12(13(16)15(20)21)14(19)18(3)9-11-6-4-5-10(7-11)8-17/h4-7,12-13H,9H2,1-3H3,(H,20,21). The van der Waals surface area contributed by atoms with Crippen LogP contribution in [0.5, 0.6) is 0 Å². The Morgan fingerprint density at radius 1 is 1.38 bits per heavy atom. The van der Waals surface area contributed by atoms with Gasteiger partial charge in [0.15, 0.2) is 0 Å². The van der Waals surface area contributed by atoms with Gasteiger partial charge in [0.2, 0.25) is 5.91 Å². The minimum atomic E-state index is -0.918. The van der Waals surface area contributed by atoms with Crippen LogP contribution in [0.4, 0.5) is 0 Å². The summed E-state index contributed by atoms with van der Waals surface area (Å²) in [7, 11) is 1.66. The third kappa shape index (κ3) is 2.75. The van der Waals surface area contributed by atoms with Crippen LogP contribution in [0.2, 0.25) is 0 Å². The van der Waals surface area contributed by atoms with Gasteiger partial charge in [-0.3, -0.25) is 9.59 Å². The molecule has 0 aromatic heterocycles. The third-order valence-corrected chi connectivity index (χ3v) is 4.21. The molecule has 0 saturated heterocycles. The van der Waals surface area contributed by atoms with Gasteiger partial charge in [-0.05, 0) is 23.1 Å². The van der Waals surface area contributed by atoms with Crippen molar-refractivity contribution in [3.63, 3.8) is 0 Å². The molecule has 1 saturated carbocycles. The Hall–Kier alpha value is -2.35. The molecule has 5 nitrogen and oxygen atoms in total. The molecule has 2 unspecified atom stereocenters. The average molecular weight is 286 g/mol. The number of carboxylic acids is 1. The quantitative estimate of drug-likeness (QED) is 0.916. The molecule has 1 aromatic rings. The number of nitrogens with zero attached hydrogens (tertiary/aromatic N) is 2. The Labute approximate surface area is 123 Å². The first-order valence-corrected chi connectivity index (χ1v) is 6.76. The van der Waals surface area contributed by atoms with Gasteiger partial charge in [-0.2, -0.15) is 5.26 Å². The Kier molecular flexibility index (Phi) is 3.73. The van der Waals surface area contributed by atoms with Crippen LogP contribution in [0, 0.1) is 28.6 Å². The minimum Gasteiger partial charge on any atom is -0.481 e. The van der Waals surface area contributed by atoms with Crippen molar-refractivity contribution in [2.45, 2.75) is 20.4 Å². The third-order valence-electron chi connectivity index (χ3n) is 4.21.